The van der Waals surface area contributed by atoms with Gasteiger partial charge in [-0.3, -0.25) is 4.79 Å². The average Bonchev–Trinajstić information content (AvgIpc) is 2.74. The molecule has 6 heteroatoms. The molecular weight excluding hydrogens is 366 g/mol. The van der Waals surface area contributed by atoms with E-state index >= 15 is 0 Å². The van der Waals surface area contributed by atoms with E-state index in [4.69, 9.17) is 9.57 Å². The van der Waals surface area contributed by atoms with Gasteiger partial charge in [0, 0.05) is 25.5 Å². The van der Waals surface area contributed by atoms with Crippen molar-refractivity contribution < 1.29 is 14.4 Å². The summed E-state index contributed by atoms with van der Waals surface area (Å²) in [7, 11) is 3.96. The number of amides is 1. The Morgan fingerprint density at radius 2 is 1.59 bits per heavy atom. The molecule has 0 aliphatic heterocycles. The third kappa shape index (κ3) is 6.39. The van der Waals surface area contributed by atoms with Crippen LogP contribution in [0.4, 0.5) is 11.4 Å². The number of nitrogens with zero attached hydrogens (tertiary/aromatic N) is 2. The molecule has 0 atom stereocenters. The number of rotatable bonds is 8. The predicted molar refractivity (Wildman–Crippen MR) is 116 cm³/mol. The summed E-state index contributed by atoms with van der Waals surface area (Å²) < 4.78 is 5.72. The highest BCUT2D eigenvalue weighted by Crippen LogP contribution is 2.22. The Morgan fingerprint density at radius 3 is 2.24 bits per heavy atom. The van der Waals surface area contributed by atoms with E-state index < -0.39 is 0 Å². The predicted octanol–water partition coefficient (Wildman–Crippen LogP) is 4.53. The first-order valence-corrected chi connectivity index (χ1v) is 9.16. The van der Waals surface area contributed by atoms with E-state index in [9.17, 15) is 4.79 Å². The van der Waals surface area contributed by atoms with Crippen molar-refractivity contribution in [2.24, 2.45) is 5.16 Å². The molecule has 0 saturated heterocycles. The van der Waals surface area contributed by atoms with Crippen LogP contribution in [0.25, 0.3) is 0 Å². The van der Waals surface area contributed by atoms with Gasteiger partial charge in [-0.2, -0.15) is 0 Å². The first-order chi connectivity index (χ1) is 14.1. The van der Waals surface area contributed by atoms with E-state index in [0.717, 1.165) is 17.0 Å². The normalized spacial score (nSPS) is 10.6. The van der Waals surface area contributed by atoms with Crippen molar-refractivity contribution in [2.45, 2.75) is 0 Å². The number of benzene rings is 3. The van der Waals surface area contributed by atoms with Crippen molar-refractivity contribution in [3.8, 4) is 11.5 Å². The van der Waals surface area contributed by atoms with Crippen molar-refractivity contribution in [2.75, 3.05) is 30.9 Å². The molecule has 0 fully saturated rings. The van der Waals surface area contributed by atoms with Gasteiger partial charge in [-0.05, 0) is 54.1 Å². The summed E-state index contributed by atoms with van der Waals surface area (Å²) >= 11 is 0. The van der Waals surface area contributed by atoms with E-state index in [1.807, 2.05) is 73.6 Å². The Bertz CT molecular complexity index is 937. The lowest BCUT2D eigenvalue weighted by Gasteiger charge is -2.11. The van der Waals surface area contributed by atoms with Crippen molar-refractivity contribution in [1.82, 2.24) is 0 Å². The first kappa shape index (κ1) is 19.9. The maximum Gasteiger partial charge on any atom is 0.265 e. The van der Waals surface area contributed by atoms with Crippen LogP contribution in [0.5, 0.6) is 11.5 Å². The van der Waals surface area contributed by atoms with Crippen molar-refractivity contribution >= 4 is 23.5 Å². The zero-order chi connectivity index (χ0) is 20.5. The lowest BCUT2D eigenvalue weighted by molar-refractivity contribution is -0.120. The molecule has 0 bridgehead atoms. The highest BCUT2D eigenvalue weighted by atomic mass is 16.6. The molecule has 3 aromatic rings. The number of nitrogens with one attached hydrogen (secondary N) is 1. The Kier molecular flexibility index (Phi) is 6.84. The van der Waals surface area contributed by atoms with Gasteiger partial charge in [-0.1, -0.05) is 35.5 Å². The molecule has 0 aliphatic carbocycles. The quantitative estimate of drug-likeness (QED) is 0.454. The maximum absolute atomic E-state index is 12.0. The number of hydrogen-bond donors (Lipinski definition) is 1. The van der Waals surface area contributed by atoms with E-state index in [-0.39, 0.29) is 12.5 Å². The second kappa shape index (κ2) is 9.94. The van der Waals surface area contributed by atoms with Crippen LogP contribution in [-0.2, 0) is 9.63 Å². The third-order valence-electron chi connectivity index (χ3n) is 4.00. The minimum atomic E-state index is -0.290. The standard InChI is InChI=1S/C23H23N3O3/c1-26(2)20-12-8-18(9-13-20)16-24-28-17-23(27)25-19-10-14-22(15-11-19)29-21-6-4-3-5-7-21/h3-16H,17H2,1-2H3,(H,25,27)/b24-16+. The number of oxime groups is 1. The molecule has 29 heavy (non-hydrogen) atoms. The summed E-state index contributed by atoms with van der Waals surface area (Å²) in [6, 6.07) is 24.5. The highest BCUT2D eigenvalue weighted by Gasteiger charge is 2.03. The topological polar surface area (TPSA) is 63.2 Å². The second-order valence-electron chi connectivity index (χ2n) is 6.48. The van der Waals surface area contributed by atoms with Crippen molar-refractivity contribution in [3.63, 3.8) is 0 Å². The van der Waals surface area contributed by atoms with Crippen LogP contribution in [0, 0.1) is 0 Å². The second-order valence-corrected chi connectivity index (χ2v) is 6.48. The fourth-order valence-electron chi connectivity index (χ4n) is 2.48. The fourth-order valence-corrected chi connectivity index (χ4v) is 2.48. The Hall–Kier alpha value is -3.80. The highest BCUT2D eigenvalue weighted by molar-refractivity contribution is 5.91. The fraction of sp³-hybridized carbons (Fsp3) is 0.130. The summed E-state index contributed by atoms with van der Waals surface area (Å²) in [6.45, 7) is -0.172. The molecule has 0 spiro atoms. The van der Waals surface area contributed by atoms with Gasteiger partial charge in [0.2, 0.25) is 0 Å². The number of carbonyl (C=O) groups excluding carboxylic acids is 1. The van der Waals surface area contributed by atoms with Crippen LogP contribution in [-0.4, -0.2) is 32.8 Å². The van der Waals surface area contributed by atoms with E-state index in [0.29, 0.717) is 11.4 Å². The number of para-hydroxylation sites is 1. The monoisotopic (exact) mass is 389 g/mol. The van der Waals surface area contributed by atoms with Crippen LogP contribution in [0.15, 0.2) is 84.0 Å². The molecule has 0 heterocycles. The van der Waals surface area contributed by atoms with Gasteiger partial charge in [0.25, 0.3) is 5.91 Å². The largest absolute Gasteiger partial charge is 0.457 e. The Labute approximate surface area is 170 Å². The summed E-state index contributed by atoms with van der Waals surface area (Å²) in [5.41, 5.74) is 2.65. The number of carbonyl (C=O) groups is 1. The molecule has 0 saturated carbocycles. The summed E-state index contributed by atoms with van der Waals surface area (Å²) in [5.74, 6) is 1.16. The average molecular weight is 389 g/mol. The summed E-state index contributed by atoms with van der Waals surface area (Å²) in [5, 5.41) is 6.59. The minimum absolute atomic E-state index is 0.172. The Balaban J connectivity index is 1.43. The molecule has 0 aliphatic rings. The molecule has 0 radical (unpaired) electrons. The van der Waals surface area contributed by atoms with Gasteiger partial charge in [-0.25, -0.2) is 0 Å². The van der Waals surface area contributed by atoms with E-state index in [1.54, 1.807) is 30.5 Å². The molecule has 1 N–H and O–H groups in total. The molecule has 0 unspecified atom stereocenters. The molecule has 6 nitrogen and oxygen atoms in total. The zero-order valence-corrected chi connectivity index (χ0v) is 16.4. The summed E-state index contributed by atoms with van der Waals surface area (Å²) in [6.07, 6.45) is 1.57. The molecule has 1 amide bonds. The van der Waals surface area contributed by atoms with Crippen LogP contribution in [0.2, 0.25) is 0 Å². The molecule has 148 valence electrons. The lowest BCUT2D eigenvalue weighted by Crippen LogP contribution is -2.16. The zero-order valence-electron chi connectivity index (χ0n) is 16.4. The van der Waals surface area contributed by atoms with E-state index in [2.05, 4.69) is 10.5 Å². The molecule has 3 rings (SSSR count). The maximum atomic E-state index is 12.0. The van der Waals surface area contributed by atoms with E-state index in [1.165, 1.54) is 0 Å². The van der Waals surface area contributed by atoms with Gasteiger partial charge >= 0.3 is 0 Å². The molecule has 0 aromatic heterocycles. The van der Waals surface area contributed by atoms with Gasteiger partial charge in [0.05, 0.1) is 6.21 Å². The van der Waals surface area contributed by atoms with Crippen LogP contribution >= 0.6 is 0 Å². The lowest BCUT2D eigenvalue weighted by atomic mass is 10.2. The van der Waals surface area contributed by atoms with Gasteiger partial charge < -0.3 is 19.8 Å². The summed E-state index contributed by atoms with van der Waals surface area (Å²) in [4.78, 5) is 19.1. The first-order valence-electron chi connectivity index (χ1n) is 9.16. The van der Waals surface area contributed by atoms with Crippen LogP contribution in [0.3, 0.4) is 0 Å². The number of hydrogen-bond acceptors (Lipinski definition) is 5. The Morgan fingerprint density at radius 1 is 0.931 bits per heavy atom. The number of anilines is 2. The minimum Gasteiger partial charge on any atom is -0.457 e. The van der Waals surface area contributed by atoms with Crippen LogP contribution in [0.1, 0.15) is 5.56 Å². The van der Waals surface area contributed by atoms with Crippen LogP contribution < -0.4 is 15.0 Å². The van der Waals surface area contributed by atoms with Gasteiger partial charge in [0.15, 0.2) is 6.61 Å². The molecule has 3 aromatic carbocycles. The SMILES string of the molecule is CN(C)c1ccc(/C=N/OCC(=O)Nc2ccc(Oc3ccccc3)cc2)cc1. The van der Waals surface area contributed by atoms with Crippen molar-refractivity contribution in [3.05, 3.63) is 84.4 Å². The van der Waals surface area contributed by atoms with Gasteiger partial charge in [-0.15, -0.1) is 0 Å². The molecular formula is C23H23N3O3. The third-order valence-corrected chi connectivity index (χ3v) is 4.00. The smallest absolute Gasteiger partial charge is 0.265 e. The van der Waals surface area contributed by atoms with Gasteiger partial charge in [0.1, 0.15) is 11.5 Å². The number of ether oxygens (including phenoxy) is 1. The van der Waals surface area contributed by atoms with Crippen molar-refractivity contribution in [1.29, 1.82) is 0 Å².